The summed E-state index contributed by atoms with van der Waals surface area (Å²) < 4.78 is 1.42. The Labute approximate surface area is 137 Å². The molecule has 0 unspecified atom stereocenters. The standard InChI is InChI=1S/C17H12Cl2N2O/c18-12-6-7-15(14(19)10-12)21-9-8-13(16(20)17(21)22)11-4-2-1-3-5-11/h1-10H,20H2. The maximum atomic E-state index is 12.5. The normalized spacial score (nSPS) is 10.6. The van der Waals surface area contributed by atoms with Crippen LogP contribution in [0, 0.1) is 0 Å². The summed E-state index contributed by atoms with van der Waals surface area (Å²) in [5, 5.41) is 0.900. The molecule has 1 aromatic heterocycles. The van der Waals surface area contributed by atoms with E-state index in [2.05, 4.69) is 0 Å². The Kier molecular flexibility index (Phi) is 3.92. The van der Waals surface area contributed by atoms with Crippen molar-refractivity contribution in [1.82, 2.24) is 4.57 Å². The Hall–Kier alpha value is -2.23. The molecule has 5 heteroatoms. The van der Waals surface area contributed by atoms with Crippen LogP contribution in [0.5, 0.6) is 0 Å². The first-order valence-electron chi connectivity index (χ1n) is 6.60. The van der Waals surface area contributed by atoms with Gasteiger partial charge in [-0.1, -0.05) is 53.5 Å². The summed E-state index contributed by atoms with van der Waals surface area (Å²) in [6, 6.07) is 16.3. The first-order valence-corrected chi connectivity index (χ1v) is 7.35. The monoisotopic (exact) mass is 330 g/mol. The van der Waals surface area contributed by atoms with Gasteiger partial charge >= 0.3 is 0 Å². The number of benzene rings is 2. The highest BCUT2D eigenvalue weighted by atomic mass is 35.5. The van der Waals surface area contributed by atoms with Crippen molar-refractivity contribution in [2.24, 2.45) is 0 Å². The van der Waals surface area contributed by atoms with Crippen LogP contribution in [0.2, 0.25) is 10.0 Å². The largest absolute Gasteiger partial charge is 0.394 e. The van der Waals surface area contributed by atoms with Crippen molar-refractivity contribution in [2.45, 2.75) is 0 Å². The molecule has 1 heterocycles. The van der Waals surface area contributed by atoms with Crippen molar-refractivity contribution in [1.29, 1.82) is 0 Å². The van der Waals surface area contributed by atoms with Gasteiger partial charge in [0.05, 0.1) is 10.7 Å². The van der Waals surface area contributed by atoms with Gasteiger partial charge in [-0.25, -0.2) is 0 Å². The number of aromatic nitrogens is 1. The van der Waals surface area contributed by atoms with Crippen LogP contribution < -0.4 is 11.3 Å². The van der Waals surface area contributed by atoms with Gasteiger partial charge in [-0.2, -0.15) is 0 Å². The molecule has 0 aliphatic carbocycles. The second-order valence-corrected chi connectivity index (χ2v) is 5.62. The summed E-state index contributed by atoms with van der Waals surface area (Å²) in [6.45, 7) is 0. The molecule has 3 aromatic rings. The van der Waals surface area contributed by atoms with Crippen LogP contribution in [0.1, 0.15) is 0 Å². The molecular weight excluding hydrogens is 319 g/mol. The van der Waals surface area contributed by atoms with Crippen molar-refractivity contribution in [2.75, 3.05) is 5.73 Å². The second kappa shape index (κ2) is 5.87. The van der Waals surface area contributed by atoms with Gasteiger partial charge in [-0.05, 0) is 29.8 Å². The van der Waals surface area contributed by atoms with Gasteiger partial charge < -0.3 is 5.73 Å². The number of anilines is 1. The fourth-order valence-corrected chi connectivity index (χ4v) is 2.79. The van der Waals surface area contributed by atoms with Crippen LogP contribution >= 0.6 is 23.2 Å². The summed E-state index contributed by atoms with van der Waals surface area (Å²) >= 11 is 12.0. The predicted molar refractivity (Wildman–Crippen MR) is 91.9 cm³/mol. The van der Waals surface area contributed by atoms with Gasteiger partial charge in [-0.15, -0.1) is 0 Å². The van der Waals surface area contributed by atoms with Crippen LogP contribution in [0.15, 0.2) is 65.6 Å². The lowest BCUT2D eigenvalue weighted by molar-refractivity contribution is 0.996. The smallest absolute Gasteiger partial charge is 0.278 e. The van der Waals surface area contributed by atoms with E-state index in [-0.39, 0.29) is 11.2 Å². The average molecular weight is 331 g/mol. The highest BCUT2D eigenvalue weighted by molar-refractivity contribution is 6.35. The van der Waals surface area contributed by atoms with Crippen molar-refractivity contribution in [3.8, 4) is 16.8 Å². The Morgan fingerprint density at radius 2 is 1.68 bits per heavy atom. The van der Waals surface area contributed by atoms with E-state index in [1.807, 2.05) is 30.3 Å². The summed E-state index contributed by atoms with van der Waals surface area (Å²) in [5.74, 6) is 0. The molecule has 2 N–H and O–H groups in total. The summed E-state index contributed by atoms with van der Waals surface area (Å²) in [5.41, 5.74) is 8.04. The maximum absolute atomic E-state index is 12.5. The zero-order valence-corrected chi connectivity index (χ0v) is 13.0. The number of nitrogens with two attached hydrogens (primary N) is 1. The minimum Gasteiger partial charge on any atom is -0.394 e. The van der Waals surface area contributed by atoms with E-state index in [0.717, 1.165) is 5.56 Å². The average Bonchev–Trinajstić information content (AvgIpc) is 2.52. The van der Waals surface area contributed by atoms with E-state index in [9.17, 15) is 4.79 Å². The molecule has 22 heavy (non-hydrogen) atoms. The fourth-order valence-electron chi connectivity index (χ4n) is 2.29. The van der Waals surface area contributed by atoms with E-state index >= 15 is 0 Å². The minimum absolute atomic E-state index is 0.180. The molecule has 0 amide bonds. The fraction of sp³-hybridized carbons (Fsp3) is 0. The molecule has 0 saturated carbocycles. The van der Waals surface area contributed by atoms with Crippen LogP contribution in [0.25, 0.3) is 16.8 Å². The topological polar surface area (TPSA) is 48.0 Å². The number of nitrogens with zero attached hydrogens (tertiary/aromatic N) is 1. The molecule has 0 bridgehead atoms. The predicted octanol–water partition coefficient (Wildman–Crippen LogP) is 4.39. The van der Waals surface area contributed by atoms with Crippen molar-refractivity contribution in [3.63, 3.8) is 0 Å². The highest BCUT2D eigenvalue weighted by Gasteiger charge is 2.11. The molecule has 2 aromatic carbocycles. The van der Waals surface area contributed by atoms with E-state index < -0.39 is 0 Å². The lowest BCUT2D eigenvalue weighted by atomic mass is 10.1. The Bertz CT molecular complexity index is 889. The van der Waals surface area contributed by atoms with Gasteiger partial charge in [0, 0.05) is 16.8 Å². The van der Waals surface area contributed by atoms with Gasteiger partial charge in [0.1, 0.15) is 5.69 Å². The third-order valence-corrected chi connectivity index (χ3v) is 3.92. The zero-order chi connectivity index (χ0) is 15.7. The third-order valence-electron chi connectivity index (χ3n) is 3.38. The third kappa shape index (κ3) is 2.61. The molecule has 0 saturated heterocycles. The minimum atomic E-state index is -0.314. The first-order chi connectivity index (χ1) is 10.6. The molecule has 3 nitrogen and oxygen atoms in total. The number of hydrogen-bond acceptors (Lipinski definition) is 2. The van der Waals surface area contributed by atoms with Crippen molar-refractivity contribution in [3.05, 3.63) is 81.2 Å². The Morgan fingerprint density at radius 3 is 2.36 bits per heavy atom. The van der Waals surface area contributed by atoms with Gasteiger partial charge in [0.25, 0.3) is 5.56 Å². The number of nitrogen functional groups attached to an aromatic ring is 1. The first kappa shape index (κ1) is 14.7. The van der Waals surface area contributed by atoms with Gasteiger partial charge in [-0.3, -0.25) is 9.36 Å². The Morgan fingerprint density at radius 1 is 0.955 bits per heavy atom. The molecule has 0 aliphatic rings. The van der Waals surface area contributed by atoms with Crippen LogP contribution in [0.3, 0.4) is 0 Å². The lowest BCUT2D eigenvalue weighted by Crippen LogP contribution is -2.21. The Balaban J connectivity index is 2.17. The molecule has 3 rings (SSSR count). The molecule has 0 fully saturated rings. The molecule has 110 valence electrons. The summed E-state index contributed by atoms with van der Waals surface area (Å²) in [7, 11) is 0. The second-order valence-electron chi connectivity index (χ2n) is 4.78. The molecule has 0 spiro atoms. The number of pyridine rings is 1. The van der Waals surface area contributed by atoms with Gasteiger partial charge in [0.2, 0.25) is 0 Å². The summed E-state index contributed by atoms with van der Waals surface area (Å²) in [6.07, 6.45) is 1.66. The number of halogens is 2. The quantitative estimate of drug-likeness (QED) is 0.757. The molecule has 0 aliphatic heterocycles. The maximum Gasteiger partial charge on any atom is 0.278 e. The van der Waals surface area contributed by atoms with Gasteiger partial charge in [0.15, 0.2) is 0 Å². The van der Waals surface area contributed by atoms with E-state index in [4.69, 9.17) is 28.9 Å². The van der Waals surface area contributed by atoms with E-state index in [1.54, 1.807) is 30.5 Å². The highest BCUT2D eigenvalue weighted by Crippen LogP contribution is 2.26. The zero-order valence-electron chi connectivity index (χ0n) is 11.5. The van der Waals surface area contributed by atoms with Crippen molar-refractivity contribution >= 4 is 28.9 Å². The van der Waals surface area contributed by atoms with Crippen LogP contribution in [-0.4, -0.2) is 4.57 Å². The summed E-state index contributed by atoms with van der Waals surface area (Å²) in [4.78, 5) is 12.5. The molecule has 0 atom stereocenters. The number of rotatable bonds is 2. The van der Waals surface area contributed by atoms with E-state index in [1.165, 1.54) is 4.57 Å². The molecule has 0 radical (unpaired) electrons. The van der Waals surface area contributed by atoms with E-state index in [0.29, 0.717) is 21.3 Å². The van der Waals surface area contributed by atoms with Crippen molar-refractivity contribution < 1.29 is 0 Å². The number of hydrogen-bond donors (Lipinski definition) is 1. The molecular formula is C17H12Cl2N2O. The van der Waals surface area contributed by atoms with Crippen LogP contribution in [0.4, 0.5) is 5.69 Å². The SMILES string of the molecule is Nc1c(-c2ccccc2)ccn(-c2ccc(Cl)cc2Cl)c1=O. The van der Waals surface area contributed by atoms with Crippen LogP contribution in [-0.2, 0) is 0 Å². The lowest BCUT2D eigenvalue weighted by Gasteiger charge is -2.12.